The largest absolute Gasteiger partial charge is 0.481 e. The molecule has 2 nitrogen and oxygen atoms in total. The molecule has 0 spiro atoms. The minimum atomic E-state index is -4.51. The highest BCUT2D eigenvalue weighted by Gasteiger charge is 2.30. The first-order valence-corrected chi connectivity index (χ1v) is 3.69. The Balaban J connectivity index is 3.11. The molecular weight excluding hydrogens is 197 g/mol. The third kappa shape index (κ3) is 2.76. The van der Waals surface area contributed by atoms with Crippen LogP contribution >= 0.6 is 0 Å². The van der Waals surface area contributed by atoms with Gasteiger partial charge in [-0.25, -0.2) is 0 Å². The van der Waals surface area contributed by atoms with Crippen LogP contribution in [0, 0.1) is 0 Å². The number of carbonyl (C=O) groups is 1. The van der Waals surface area contributed by atoms with Gasteiger partial charge in [0.05, 0.1) is 13.4 Å². The van der Waals surface area contributed by atoms with Gasteiger partial charge in [-0.3, -0.25) is 4.79 Å². The normalized spacial score (nSPS) is 12.4. The molecule has 0 aliphatic rings. The van der Waals surface area contributed by atoms with Crippen LogP contribution in [0.25, 0.3) is 0 Å². The number of alkyl halides is 3. The Labute approximate surface area is 79.4 Å². The van der Waals surface area contributed by atoms with E-state index in [0.717, 1.165) is 12.1 Å². The van der Waals surface area contributed by atoms with Gasteiger partial charge in [0.2, 0.25) is 0 Å². The van der Waals surface area contributed by atoms with Gasteiger partial charge in [-0.2, -0.15) is 13.2 Å². The first-order chi connectivity index (χ1) is 6.80. The number of aliphatic carboxylic acids is 1. The standard InChI is InChI=1S/C9H7F3O2/c10-9(11,12)7-3-1-2-6(4-7)5-8(13)14/h1-4H,5H2,(H,13,14)/i2D. The zero-order valence-electron chi connectivity index (χ0n) is 7.93. The molecule has 0 aromatic heterocycles. The summed E-state index contributed by atoms with van der Waals surface area (Å²) in [5.41, 5.74) is -1.08. The Morgan fingerprint density at radius 1 is 1.57 bits per heavy atom. The molecule has 1 N–H and O–H groups in total. The Hall–Kier alpha value is -1.52. The monoisotopic (exact) mass is 205 g/mol. The summed E-state index contributed by atoms with van der Waals surface area (Å²) in [4.78, 5) is 10.3. The van der Waals surface area contributed by atoms with Gasteiger partial charge in [-0.05, 0) is 11.6 Å². The number of benzene rings is 1. The van der Waals surface area contributed by atoms with Crippen molar-refractivity contribution in [3.63, 3.8) is 0 Å². The van der Waals surface area contributed by atoms with E-state index in [4.69, 9.17) is 6.48 Å². The number of halogens is 3. The predicted molar refractivity (Wildman–Crippen MR) is 42.8 cm³/mol. The minimum absolute atomic E-state index is 0.141. The van der Waals surface area contributed by atoms with E-state index in [-0.39, 0.29) is 11.6 Å². The molecule has 5 heteroatoms. The summed E-state index contributed by atoms with van der Waals surface area (Å²) < 4.78 is 43.9. The maximum Gasteiger partial charge on any atom is 0.416 e. The third-order valence-corrected chi connectivity index (χ3v) is 1.53. The van der Waals surface area contributed by atoms with Crippen molar-refractivity contribution in [2.75, 3.05) is 0 Å². The molecule has 0 unspecified atom stereocenters. The molecule has 0 atom stereocenters. The summed E-state index contributed by atoms with van der Waals surface area (Å²) in [6, 6.07) is 2.19. The van der Waals surface area contributed by atoms with Crippen LogP contribution < -0.4 is 0 Å². The molecular formula is C9H7F3O2. The summed E-state index contributed by atoms with van der Waals surface area (Å²) in [5, 5.41) is 8.42. The summed E-state index contributed by atoms with van der Waals surface area (Å²) in [7, 11) is 0. The predicted octanol–water partition coefficient (Wildman–Crippen LogP) is 2.33. The smallest absolute Gasteiger partial charge is 0.416 e. The molecule has 14 heavy (non-hydrogen) atoms. The van der Waals surface area contributed by atoms with E-state index in [1.165, 1.54) is 0 Å². The fourth-order valence-electron chi connectivity index (χ4n) is 0.957. The Morgan fingerprint density at radius 2 is 2.21 bits per heavy atom. The van der Waals surface area contributed by atoms with Crippen molar-refractivity contribution < 1.29 is 24.4 Å². The molecule has 1 aromatic carbocycles. The van der Waals surface area contributed by atoms with Crippen LogP contribution in [0.1, 0.15) is 12.5 Å². The van der Waals surface area contributed by atoms with E-state index in [9.17, 15) is 18.0 Å². The highest BCUT2D eigenvalue weighted by atomic mass is 19.4. The molecule has 0 radical (unpaired) electrons. The van der Waals surface area contributed by atoms with Gasteiger partial charge in [-0.1, -0.05) is 18.2 Å². The average molecular weight is 205 g/mol. The van der Waals surface area contributed by atoms with Gasteiger partial charge < -0.3 is 5.11 Å². The average Bonchev–Trinajstić information content (AvgIpc) is 2.06. The quantitative estimate of drug-likeness (QED) is 0.804. The van der Waals surface area contributed by atoms with E-state index in [1.54, 1.807) is 0 Å². The highest BCUT2D eigenvalue weighted by Crippen LogP contribution is 2.29. The van der Waals surface area contributed by atoms with Gasteiger partial charge in [0.25, 0.3) is 0 Å². The van der Waals surface area contributed by atoms with Crippen molar-refractivity contribution in [3.05, 3.63) is 35.4 Å². The molecule has 1 rings (SSSR count). The molecule has 0 bridgehead atoms. The second-order valence-electron chi connectivity index (χ2n) is 2.67. The topological polar surface area (TPSA) is 37.3 Å². The van der Waals surface area contributed by atoms with Crippen LogP contribution in [0.15, 0.2) is 24.2 Å². The molecule has 0 amide bonds. The summed E-state index contributed by atoms with van der Waals surface area (Å²) in [6.07, 6.45) is -5.09. The zero-order valence-corrected chi connectivity index (χ0v) is 6.93. The Bertz CT molecular complexity index is 387. The van der Waals surface area contributed by atoms with Crippen molar-refractivity contribution in [2.45, 2.75) is 12.6 Å². The van der Waals surface area contributed by atoms with E-state index in [1.807, 2.05) is 0 Å². The number of carboxylic acids is 1. The van der Waals surface area contributed by atoms with Crippen molar-refractivity contribution in [1.82, 2.24) is 0 Å². The molecule has 0 fully saturated rings. The SMILES string of the molecule is [2H]c1ccc(C(F)(F)F)cc1CC(=O)O. The summed E-state index contributed by atoms with van der Waals surface area (Å²) in [5.74, 6) is -1.26. The summed E-state index contributed by atoms with van der Waals surface area (Å²) >= 11 is 0. The van der Waals surface area contributed by atoms with Crippen molar-refractivity contribution in [1.29, 1.82) is 0 Å². The number of hydrogen-bond donors (Lipinski definition) is 1. The lowest BCUT2D eigenvalue weighted by atomic mass is 10.1. The first kappa shape index (κ1) is 9.05. The Morgan fingerprint density at radius 3 is 2.71 bits per heavy atom. The number of carboxylic acid groups (broad SMARTS) is 1. The van der Waals surface area contributed by atoms with E-state index >= 15 is 0 Å². The lowest BCUT2D eigenvalue weighted by molar-refractivity contribution is -0.138. The number of rotatable bonds is 2. The van der Waals surface area contributed by atoms with Gasteiger partial charge in [0.15, 0.2) is 0 Å². The Kier molecular flexibility index (Phi) is 2.39. The zero-order chi connectivity index (χ0) is 11.6. The highest BCUT2D eigenvalue weighted by molar-refractivity contribution is 5.70. The van der Waals surface area contributed by atoms with Crippen LogP contribution in [0.3, 0.4) is 0 Å². The number of hydrogen-bond acceptors (Lipinski definition) is 1. The fourth-order valence-corrected chi connectivity index (χ4v) is 0.957. The maximum atomic E-state index is 12.2. The van der Waals surface area contributed by atoms with Crippen LogP contribution in [-0.4, -0.2) is 11.1 Å². The van der Waals surface area contributed by atoms with Crippen molar-refractivity contribution in [2.24, 2.45) is 0 Å². The lowest BCUT2D eigenvalue weighted by Gasteiger charge is -2.07. The minimum Gasteiger partial charge on any atom is -0.481 e. The molecule has 0 saturated heterocycles. The van der Waals surface area contributed by atoms with Crippen LogP contribution in [-0.2, 0) is 17.4 Å². The van der Waals surface area contributed by atoms with E-state index < -0.39 is 24.1 Å². The second-order valence-corrected chi connectivity index (χ2v) is 2.67. The molecule has 0 aliphatic carbocycles. The van der Waals surface area contributed by atoms with E-state index in [2.05, 4.69) is 0 Å². The van der Waals surface area contributed by atoms with Crippen LogP contribution in [0.4, 0.5) is 13.2 Å². The van der Waals surface area contributed by atoms with Gasteiger partial charge in [0, 0.05) is 0 Å². The molecule has 0 saturated carbocycles. The second kappa shape index (κ2) is 3.69. The van der Waals surface area contributed by atoms with Gasteiger partial charge >= 0.3 is 12.1 Å². The lowest BCUT2D eigenvalue weighted by Crippen LogP contribution is -2.07. The molecule has 0 aliphatic heterocycles. The summed E-state index contributed by atoms with van der Waals surface area (Å²) in [6.45, 7) is 0. The van der Waals surface area contributed by atoms with Crippen LogP contribution in [0.5, 0.6) is 0 Å². The third-order valence-electron chi connectivity index (χ3n) is 1.53. The molecule has 0 heterocycles. The first-order valence-electron chi connectivity index (χ1n) is 4.19. The fraction of sp³-hybridized carbons (Fsp3) is 0.222. The molecule has 1 aromatic rings. The van der Waals surface area contributed by atoms with Crippen molar-refractivity contribution >= 4 is 5.97 Å². The maximum absolute atomic E-state index is 12.2. The van der Waals surface area contributed by atoms with Gasteiger partial charge in [-0.15, -0.1) is 0 Å². The van der Waals surface area contributed by atoms with Gasteiger partial charge in [0.1, 0.15) is 0 Å². The van der Waals surface area contributed by atoms with Crippen molar-refractivity contribution in [3.8, 4) is 0 Å². The van der Waals surface area contributed by atoms with E-state index in [0.29, 0.717) is 6.07 Å². The van der Waals surface area contributed by atoms with Crippen LogP contribution in [0.2, 0.25) is 0 Å². The molecule has 76 valence electrons.